The van der Waals surface area contributed by atoms with E-state index in [0.717, 1.165) is 32.4 Å². The summed E-state index contributed by atoms with van der Waals surface area (Å²) in [5, 5.41) is 33.7. The van der Waals surface area contributed by atoms with Gasteiger partial charge in [-0.05, 0) is 77.0 Å². The minimum Gasteiger partial charge on any atom is -0.493 e. The van der Waals surface area contributed by atoms with E-state index in [1.54, 1.807) is 23.1 Å². The van der Waals surface area contributed by atoms with Crippen LogP contribution >= 0.6 is 22.6 Å². The third kappa shape index (κ3) is 10.3. The Kier molecular flexibility index (Phi) is 15.2. The lowest BCUT2D eigenvalue weighted by Gasteiger charge is -2.42. The first-order valence-electron chi connectivity index (χ1n) is 17.2. The smallest absolute Gasteiger partial charge is 0.248 e. The number of amides is 2. The van der Waals surface area contributed by atoms with Gasteiger partial charge in [0.05, 0.1) is 49.3 Å². The highest BCUT2D eigenvalue weighted by Gasteiger charge is 2.41. The molecule has 48 heavy (non-hydrogen) atoms. The Morgan fingerprint density at radius 2 is 1.94 bits per heavy atom. The number of carbonyl (C=O) groups excluding carboxylic acids is 2. The normalized spacial score (nSPS) is 26.6. The van der Waals surface area contributed by atoms with Gasteiger partial charge in [-0.15, -0.1) is 0 Å². The van der Waals surface area contributed by atoms with E-state index in [2.05, 4.69) is 53.6 Å². The number of nitrogens with one attached hydrogen (secondary N) is 1. The van der Waals surface area contributed by atoms with Gasteiger partial charge in [0.25, 0.3) is 0 Å². The lowest BCUT2D eigenvalue weighted by atomic mass is 9.75. The van der Waals surface area contributed by atoms with E-state index in [0.29, 0.717) is 70.3 Å². The molecule has 270 valence electrons. The molecule has 0 unspecified atom stereocenters. The second-order valence-corrected chi connectivity index (χ2v) is 14.7. The first-order valence-corrected chi connectivity index (χ1v) is 18.3. The van der Waals surface area contributed by atoms with Crippen molar-refractivity contribution in [2.45, 2.75) is 77.4 Å². The highest BCUT2D eigenvalue weighted by Crippen LogP contribution is 2.38. The summed E-state index contributed by atoms with van der Waals surface area (Å²) < 4.78 is 24.6. The Labute approximate surface area is 298 Å². The Morgan fingerprint density at radius 3 is 2.60 bits per heavy atom. The molecule has 0 aromatic heterocycles. The molecule has 12 nitrogen and oxygen atoms in total. The van der Waals surface area contributed by atoms with Crippen molar-refractivity contribution < 1.29 is 43.9 Å². The Balaban J connectivity index is 1.63. The number of carbonyl (C=O) groups is 2. The molecule has 1 saturated carbocycles. The van der Waals surface area contributed by atoms with Crippen LogP contribution in [0.5, 0.6) is 11.5 Å². The van der Waals surface area contributed by atoms with Gasteiger partial charge in [0.1, 0.15) is 18.8 Å². The average Bonchev–Trinajstić information content (AvgIpc) is 3.08. The quantitative estimate of drug-likeness (QED) is 0.195. The number of aliphatic hydroxyl groups excluding tert-OH is 3. The lowest BCUT2D eigenvalue weighted by Crippen LogP contribution is -2.57. The second kappa shape index (κ2) is 18.8. The number of aliphatic hydroxyl groups is 3. The van der Waals surface area contributed by atoms with Gasteiger partial charge in [0.15, 0.2) is 11.5 Å². The molecule has 2 fully saturated rings. The van der Waals surface area contributed by atoms with E-state index < -0.39 is 24.2 Å². The van der Waals surface area contributed by atoms with Crippen molar-refractivity contribution in [3.63, 3.8) is 0 Å². The van der Waals surface area contributed by atoms with Crippen molar-refractivity contribution in [2.24, 2.45) is 17.8 Å². The molecule has 4 N–H and O–H groups in total. The zero-order valence-corrected chi connectivity index (χ0v) is 30.9. The number of methoxy groups -OCH3 is 1. The van der Waals surface area contributed by atoms with Gasteiger partial charge < -0.3 is 44.5 Å². The van der Waals surface area contributed by atoms with E-state index in [1.165, 1.54) is 7.11 Å². The van der Waals surface area contributed by atoms with Crippen molar-refractivity contribution in [3.05, 3.63) is 32.9 Å². The Bertz CT molecular complexity index is 1240. The molecule has 3 aliphatic rings. The standard InChI is InChI=1S/C35H54IN3O9/c1-22(2)26-6-5-23(3)15-29(26)47-21-32(42)39(9-8-38-10-13-46-14-11-38)28-18-25(35(44)37-7-12-40)19-30(33(28)43)48-34-27(36)16-24(20-41)17-31(34)45-4/h16-17,19,22-23,26,28-30,33,40-41,43H,5-15,18,20-21H2,1-4H3,(H,37,44)/t23-,26+,28+,29-,30-,33-/m0/s1. The summed E-state index contributed by atoms with van der Waals surface area (Å²) in [5.41, 5.74) is 0.980. The molecule has 6 atom stereocenters. The Morgan fingerprint density at radius 1 is 1.19 bits per heavy atom. The molecule has 2 aliphatic carbocycles. The molecule has 2 amide bonds. The average molecular weight is 788 g/mol. The maximum atomic E-state index is 14.2. The summed E-state index contributed by atoms with van der Waals surface area (Å²) in [6.45, 7) is 9.77. The fourth-order valence-corrected chi connectivity index (χ4v) is 7.80. The van der Waals surface area contributed by atoms with Crippen LogP contribution in [0.4, 0.5) is 0 Å². The first-order chi connectivity index (χ1) is 23.1. The third-order valence-electron chi connectivity index (χ3n) is 9.80. The maximum Gasteiger partial charge on any atom is 0.248 e. The fraction of sp³-hybridized carbons (Fsp3) is 0.714. The zero-order valence-electron chi connectivity index (χ0n) is 28.7. The van der Waals surface area contributed by atoms with Crippen molar-refractivity contribution in [1.82, 2.24) is 15.1 Å². The van der Waals surface area contributed by atoms with Gasteiger partial charge in [-0.1, -0.05) is 27.2 Å². The predicted octanol–water partition coefficient (Wildman–Crippen LogP) is 2.35. The molecule has 1 aliphatic heterocycles. The number of hydrogen-bond donors (Lipinski definition) is 4. The Hall–Kier alpha value is -2.01. The SMILES string of the molecule is COc1cc(CO)cc(I)c1O[C@H]1C=C(C(=O)NCCO)C[C@@H](N(CCN2CCOCC2)C(=O)CO[C@H]2C[C@@H](C)CC[C@@H]2C(C)C)[C@@H]1O. The van der Waals surface area contributed by atoms with Gasteiger partial charge in [-0.25, -0.2) is 0 Å². The van der Waals surface area contributed by atoms with E-state index in [9.17, 15) is 24.9 Å². The van der Waals surface area contributed by atoms with E-state index in [1.807, 2.05) is 0 Å². The topological polar surface area (TPSA) is 150 Å². The first kappa shape index (κ1) is 38.8. The van der Waals surface area contributed by atoms with Crippen LogP contribution in [0.1, 0.15) is 52.0 Å². The van der Waals surface area contributed by atoms with Crippen molar-refractivity contribution in [3.8, 4) is 11.5 Å². The highest BCUT2D eigenvalue weighted by atomic mass is 127. The molecular formula is C35H54IN3O9. The van der Waals surface area contributed by atoms with Crippen LogP contribution < -0.4 is 14.8 Å². The van der Waals surface area contributed by atoms with E-state index in [-0.39, 0.29) is 44.8 Å². The van der Waals surface area contributed by atoms with Crippen molar-refractivity contribution in [2.75, 3.05) is 66.3 Å². The predicted molar refractivity (Wildman–Crippen MR) is 189 cm³/mol. The zero-order chi connectivity index (χ0) is 34.8. The van der Waals surface area contributed by atoms with Crippen molar-refractivity contribution >= 4 is 34.4 Å². The molecule has 1 heterocycles. The maximum absolute atomic E-state index is 14.2. The molecule has 0 spiro atoms. The van der Waals surface area contributed by atoms with Crippen LogP contribution in [0, 0.1) is 21.3 Å². The molecule has 0 bridgehead atoms. The van der Waals surface area contributed by atoms with Crippen LogP contribution in [-0.4, -0.2) is 128 Å². The molecule has 13 heteroatoms. The number of nitrogens with zero attached hydrogens (tertiary/aromatic N) is 2. The fourth-order valence-electron chi connectivity index (χ4n) is 7.01. The minimum absolute atomic E-state index is 0.0256. The van der Waals surface area contributed by atoms with Gasteiger partial charge in [-0.2, -0.15) is 0 Å². The van der Waals surface area contributed by atoms with Crippen LogP contribution in [0.25, 0.3) is 0 Å². The van der Waals surface area contributed by atoms with Crippen LogP contribution in [0.2, 0.25) is 0 Å². The third-order valence-corrected chi connectivity index (χ3v) is 10.6. The number of ether oxygens (including phenoxy) is 4. The van der Waals surface area contributed by atoms with Gasteiger partial charge in [0.2, 0.25) is 11.8 Å². The van der Waals surface area contributed by atoms with Gasteiger partial charge >= 0.3 is 0 Å². The summed E-state index contributed by atoms with van der Waals surface area (Å²) in [5.74, 6) is 1.40. The molecular weight excluding hydrogens is 733 g/mol. The lowest BCUT2D eigenvalue weighted by molar-refractivity contribution is -0.149. The largest absolute Gasteiger partial charge is 0.493 e. The number of rotatable bonds is 15. The van der Waals surface area contributed by atoms with Crippen LogP contribution in [-0.2, 0) is 25.7 Å². The molecule has 4 rings (SSSR count). The number of halogens is 1. The number of morpholine rings is 1. The summed E-state index contributed by atoms with van der Waals surface area (Å²) >= 11 is 2.08. The summed E-state index contributed by atoms with van der Waals surface area (Å²) in [6.07, 6.45) is 2.58. The molecule has 1 saturated heterocycles. The summed E-state index contributed by atoms with van der Waals surface area (Å²) in [6, 6.07) is 2.63. The summed E-state index contributed by atoms with van der Waals surface area (Å²) in [7, 11) is 1.49. The van der Waals surface area contributed by atoms with E-state index >= 15 is 0 Å². The molecule has 1 aromatic rings. The van der Waals surface area contributed by atoms with Gasteiger partial charge in [-0.3, -0.25) is 14.5 Å². The van der Waals surface area contributed by atoms with Crippen LogP contribution in [0.3, 0.4) is 0 Å². The van der Waals surface area contributed by atoms with Crippen LogP contribution in [0.15, 0.2) is 23.8 Å². The van der Waals surface area contributed by atoms with Crippen molar-refractivity contribution in [1.29, 1.82) is 0 Å². The van der Waals surface area contributed by atoms with E-state index in [4.69, 9.17) is 18.9 Å². The highest BCUT2D eigenvalue weighted by molar-refractivity contribution is 14.1. The number of benzene rings is 1. The minimum atomic E-state index is -1.19. The number of hydrogen-bond acceptors (Lipinski definition) is 10. The van der Waals surface area contributed by atoms with Gasteiger partial charge in [0, 0.05) is 44.7 Å². The second-order valence-electron chi connectivity index (χ2n) is 13.5. The summed E-state index contributed by atoms with van der Waals surface area (Å²) in [4.78, 5) is 31.4. The monoisotopic (exact) mass is 787 g/mol. The molecule has 0 radical (unpaired) electrons. The molecule has 1 aromatic carbocycles.